The first-order valence-electron chi connectivity index (χ1n) is 7.23. The lowest BCUT2D eigenvalue weighted by molar-refractivity contribution is 1.11. The molecule has 23 heavy (non-hydrogen) atoms. The molecular formula is C18H15ClN4. The fraction of sp³-hybridized carbons (Fsp3) is 0.167. The van der Waals surface area contributed by atoms with Crippen LogP contribution in [0, 0.1) is 25.2 Å². The van der Waals surface area contributed by atoms with Crippen molar-refractivity contribution in [2.75, 3.05) is 5.32 Å². The number of nitrogens with zero attached hydrogens (tertiary/aromatic N) is 3. The Morgan fingerprint density at radius 2 is 2.00 bits per heavy atom. The molecule has 0 amide bonds. The summed E-state index contributed by atoms with van der Waals surface area (Å²) in [7, 11) is 0. The van der Waals surface area contributed by atoms with E-state index in [2.05, 4.69) is 33.5 Å². The zero-order valence-corrected chi connectivity index (χ0v) is 13.6. The smallest absolute Gasteiger partial charge is 0.129 e. The Morgan fingerprint density at radius 1 is 1.17 bits per heavy atom. The van der Waals surface area contributed by atoms with Crippen molar-refractivity contribution in [1.82, 2.24) is 9.97 Å². The van der Waals surface area contributed by atoms with Crippen molar-refractivity contribution in [3.8, 4) is 6.07 Å². The lowest BCUT2D eigenvalue weighted by atomic mass is 10.0. The van der Waals surface area contributed by atoms with Crippen molar-refractivity contribution in [3.63, 3.8) is 0 Å². The van der Waals surface area contributed by atoms with Crippen LogP contribution in [0.3, 0.4) is 0 Å². The molecule has 0 bridgehead atoms. The highest BCUT2D eigenvalue weighted by atomic mass is 35.5. The number of aromatic nitrogens is 2. The van der Waals surface area contributed by atoms with E-state index in [1.807, 2.05) is 19.9 Å². The van der Waals surface area contributed by atoms with Gasteiger partial charge in [-0.3, -0.25) is 4.98 Å². The largest absolute Gasteiger partial charge is 0.379 e. The van der Waals surface area contributed by atoms with Crippen LogP contribution in [0.2, 0.25) is 5.15 Å². The van der Waals surface area contributed by atoms with E-state index in [0.29, 0.717) is 17.3 Å². The molecule has 5 heteroatoms. The van der Waals surface area contributed by atoms with Crippen LogP contribution >= 0.6 is 11.6 Å². The molecular weight excluding hydrogens is 308 g/mol. The molecule has 0 aliphatic rings. The molecule has 1 aromatic carbocycles. The van der Waals surface area contributed by atoms with Crippen LogP contribution in [0.5, 0.6) is 0 Å². The number of fused-ring (bicyclic) bond motifs is 1. The summed E-state index contributed by atoms with van der Waals surface area (Å²) in [5.41, 5.74) is 5.48. The molecule has 114 valence electrons. The van der Waals surface area contributed by atoms with Crippen molar-refractivity contribution in [3.05, 3.63) is 64.1 Å². The summed E-state index contributed by atoms with van der Waals surface area (Å²) in [5.74, 6) is 0. The molecule has 0 atom stereocenters. The van der Waals surface area contributed by atoms with Crippen LogP contribution in [0.4, 0.5) is 5.69 Å². The summed E-state index contributed by atoms with van der Waals surface area (Å²) in [4.78, 5) is 8.50. The Bertz CT molecular complexity index is 911. The number of hydrogen-bond donors (Lipinski definition) is 1. The quantitative estimate of drug-likeness (QED) is 0.727. The van der Waals surface area contributed by atoms with E-state index in [1.54, 1.807) is 18.5 Å². The molecule has 0 radical (unpaired) electrons. The first-order chi connectivity index (χ1) is 11.1. The van der Waals surface area contributed by atoms with Crippen molar-refractivity contribution in [1.29, 1.82) is 5.26 Å². The molecule has 3 aromatic rings. The van der Waals surface area contributed by atoms with Crippen molar-refractivity contribution < 1.29 is 0 Å². The third kappa shape index (κ3) is 3.10. The van der Waals surface area contributed by atoms with Gasteiger partial charge in [-0.2, -0.15) is 5.26 Å². The summed E-state index contributed by atoms with van der Waals surface area (Å²) >= 11 is 5.81. The first kappa shape index (κ1) is 15.3. The van der Waals surface area contributed by atoms with Gasteiger partial charge in [0.1, 0.15) is 11.2 Å². The van der Waals surface area contributed by atoms with Crippen LogP contribution in [-0.4, -0.2) is 9.97 Å². The zero-order valence-electron chi connectivity index (χ0n) is 12.9. The second kappa shape index (κ2) is 6.23. The van der Waals surface area contributed by atoms with Crippen LogP contribution < -0.4 is 5.32 Å². The maximum Gasteiger partial charge on any atom is 0.129 e. The third-order valence-corrected chi connectivity index (χ3v) is 3.91. The predicted molar refractivity (Wildman–Crippen MR) is 92.5 cm³/mol. The maximum atomic E-state index is 9.39. The lowest BCUT2D eigenvalue weighted by Crippen LogP contribution is -2.04. The highest BCUT2D eigenvalue weighted by molar-refractivity contribution is 6.29. The van der Waals surface area contributed by atoms with Crippen LogP contribution in [0.1, 0.15) is 22.3 Å². The van der Waals surface area contributed by atoms with Gasteiger partial charge in [0.05, 0.1) is 16.8 Å². The number of nitriles is 1. The normalized spacial score (nSPS) is 10.5. The predicted octanol–water partition coefficient (Wildman–Crippen LogP) is 4.38. The Balaban J connectivity index is 2.04. The van der Waals surface area contributed by atoms with Crippen molar-refractivity contribution in [2.45, 2.75) is 20.4 Å². The first-order valence-corrected chi connectivity index (χ1v) is 7.60. The second-order valence-electron chi connectivity index (χ2n) is 5.48. The Morgan fingerprint density at radius 3 is 2.70 bits per heavy atom. The molecule has 3 rings (SSSR count). The van der Waals surface area contributed by atoms with E-state index in [1.165, 1.54) is 0 Å². The number of rotatable bonds is 3. The van der Waals surface area contributed by atoms with Crippen LogP contribution in [0.25, 0.3) is 10.9 Å². The monoisotopic (exact) mass is 322 g/mol. The Hall–Kier alpha value is -2.64. The van der Waals surface area contributed by atoms with Gasteiger partial charge in [-0.1, -0.05) is 29.3 Å². The summed E-state index contributed by atoms with van der Waals surface area (Å²) in [6.45, 7) is 4.63. The van der Waals surface area contributed by atoms with E-state index in [0.717, 1.165) is 33.3 Å². The van der Waals surface area contributed by atoms with E-state index in [4.69, 9.17) is 11.6 Å². The van der Waals surface area contributed by atoms with Gasteiger partial charge in [0.2, 0.25) is 0 Å². The number of anilines is 1. The minimum atomic E-state index is 0.465. The fourth-order valence-electron chi connectivity index (χ4n) is 2.64. The van der Waals surface area contributed by atoms with Crippen molar-refractivity contribution in [2.24, 2.45) is 0 Å². The van der Waals surface area contributed by atoms with Crippen molar-refractivity contribution >= 4 is 28.2 Å². The molecule has 1 N–H and O–H groups in total. The van der Waals surface area contributed by atoms with Gasteiger partial charge < -0.3 is 5.32 Å². The van der Waals surface area contributed by atoms with Gasteiger partial charge in [0.25, 0.3) is 0 Å². The molecule has 0 unspecified atom stereocenters. The van der Waals surface area contributed by atoms with Crippen LogP contribution in [-0.2, 0) is 6.54 Å². The van der Waals surface area contributed by atoms with E-state index < -0.39 is 0 Å². The Kier molecular flexibility index (Phi) is 4.14. The van der Waals surface area contributed by atoms with Gasteiger partial charge in [-0.25, -0.2) is 4.98 Å². The summed E-state index contributed by atoms with van der Waals surface area (Å²) in [5, 5.41) is 14.2. The number of hydrogen-bond acceptors (Lipinski definition) is 4. The van der Waals surface area contributed by atoms with E-state index >= 15 is 0 Å². The molecule has 0 saturated carbocycles. The minimum Gasteiger partial charge on any atom is -0.379 e. The zero-order chi connectivity index (χ0) is 16.4. The SMILES string of the molecule is Cc1cc(C)c2ncc(C#N)c(NCc3ccc(Cl)nc3)c2c1. The van der Waals surface area contributed by atoms with Crippen LogP contribution in [0.15, 0.2) is 36.7 Å². The Labute approximate surface area is 139 Å². The number of pyridine rings is 2. The van der Waals surface area contributed by atoms with Gasteiger partial charge >= 0.3 is 0 Å². The average molecular weight is 323 g/mol. The summed E-state index contributed by atoms with van der Waals surface area (Å²) in [6.07, 6.45) is 3.34. The van der Waals surface area contributed by atoms with E-state index in [9.17, 15) is 5.26 Å². The molecule has 0 aliphatic carbocycles. The standard InChI is InChI=1S/C18H15ClN4/c1-11-5-12(2)17-15(6-11)18(14(7-20)10-23-17)22-9-13-3-4-16(19)21-8-13/h3-6,8,10H,9H2,1-2H3,(H,22,23). The van der Waals surface area contributed by atoms with Gasteiger partial charge in [0.15, 0.2) is 0 Å². The van der Waals surface area contributed by atoms with Gasteiger partial charge in [0, 0.05) is 24.3 Å². The molecule has 2 aromatic heterocycles. The average Bonchev–Trinajstić information content (AvgIpc) is 2.54. The van der Waals surface area contributed by atoms with Gasteiger partial charge in [-0.05, 0) is 37.1 Å². The number of aryl methyl sites for hydroxylation is 2. The van der Waals surface area contributed by atoms with E-state index in [-0.39, 0.29) is 0 Å². The minimum absolute atomic E-state index is 0.465. The second-order valence-corrected chi connectivity index (χ2v) is 5.87. The number of benzene rings is 1. The summed E-state index contributed by atoms with van der Waals surface area (Å²) < 4.78 is 0. The molecule has 0 fully saturated rings. The fourth-order valence-corrected chi connectivity index (χ4v) is 2.75. The van der Waals surface area contributed by atoms with Gasteiger partial charge in [-0.15, -0.1) is 0 Å². The summed E-state index contributed by atoms with van der Waals surface area (Å²) in [6, 6.07) is 10.0. The molecule has 2 heterocycles. The molecule has 0 aliphatic heterocycles. The topological polar surface area (TPSA) is 61.6 Å². The highest BCUT2D eigenvalue weighted by Crippen LogP contribution is 2.29. The highest BCUT2D eigenvalue weighted by Gasteiger charge is 2.11. The maximum absolute atomic E-state index is 9.39. The number of nitrogens with one attached hydrogen (secondary N) is 1. The third-order valence-electron chi connectivity index (χ3n) is 3.68. The molecule has 0 saturated heterocycles. The number of halogens is 1. The molecule has 4 nitrogen and oxygen atoms in total. The molecule has 0 spiro atoms. The lowest BCUT2D eigenvalue weighted by Gasteiger charge is -2.13.